The molecule has 0 saturated heterocycles. The molecule has 4 aromatic rings. The Bertz CT molecular complexity index is 1010. The van der Waals surface area contributed by atoms with E-state index in [0.717, 1.165) is 33.3 Å². The van der Waals surface area contributed by atoms with Crippen molar-refractivity contribution >= 4 is 21.9 Å². The Labute approximate surface area is 120 Å². The summed E-state index contributed by atoms with van der Waals surface area (Å²) in [6, 6.07) is 17.6. The first kappa shape index (κ1) is 11.6. The van der Waals surface area contributed by atoms with Crippen LogP contribution in [0.5, 0.6) is 0 Å². The van der Waals surface area contributed by atoms with Crippen molar-refractivity contribution in [1.29, 1.82) is 5.26 Å². The van der Waals surface area contributed by atoms with Crippen LogP contribution in [-0.2, 0) is 0 Å². The number of nitrogens with one attached hydrogen (secondary N) is 1. The largest absolute Gasteiger partial charge is 0.338 e. The number of fused-ring (bicyclic) bond motifs is 2. The summed E-state index contributed by atoms with van der Waals surface area (Å²) in [6.07, 6.45) is 1.81. The molecule has 0 spiro atoms. The maximum absolute atomic E-state index is 8.94. The predicted molar refractivity (Wildman–Crippen MR) is 81.5 cm³/mol. The summed E-state index contributed by atoms with van der Waals surface area (Å²) in [5.41, 5.74) is 4.22. The first-order valence-electron chi connectivity index (χ1n) is 6.58. The van der Waals surface area contributed by atoms with Gasteiger partial charge >= 0.3 is 0 Å². The van der Waals surface area contributed by atoms with Gasteiger partial charge in [0.05, 0.1) is 28.2 Å². The Morgan fingerprint density at radius 2 is 1.90 bits per heavy atom. The van der Waals surface area contributed by atoms with E-state index in [2.05, 4.69) is 27.1 Å². The van der Waals surface area contributed by atoms with Crippen LogP contribution >= 0.6 is 0 Å². The van der Waals surface area contributed by atoms with E-state index in [-0.39, 0.29) is 0 Å². The highest BCUT2D eigenvalue weighted by molar-refractivity contribution is 5.85. The number of nitrogens with zero attached hydrogens (tertiary/aromatic N) is 3. The molecule has 0 saturated carbocycles. The SMILES string of the molecule is N#Cc1ccc2nc(-c3cnc4ccccc4c3)[nH]c2c1. The summed E-state index contributed by atoms with van der Waals surface area (Å²) in [6.45, 7) is 0. The van der Waals surface area contributed by atoms with Crippen LogP contribution in [0.3, 0.4) is 0 Å². The third-order valence-corrected chi connectivity index (χ3v) is 3.47. The normalized spacial score (nSPS) is 10.8. The van der Waals surface area contributed by atoms with Gasteiger partial charge in [-0.1, -0.05) is 18.2 Å². The van der Waals surface area contributed by atoms with Gasteiger partial charge < -0.3 is 4.98 Å². The van der Waals surface area contributed by atoms with Crippen LogP contribution in [0.2, 0.25) is 0 Å². The average Bonchev–Trinajstić information content (AvgIpc) is 2.97. The van der Waals surface area contributed by atoms with Gasteiger partial charge in [-0.2, -0.15) is 5.26 Å². The second kappa shape index (κ2) is 4.43. The van der Waals surface area contributed by atoms with Gasteiger partial charge in [-0.3, -0.25) is 4.98 Å². The van der Waals surface area contributed by atoms with Crippen molar-refractivity contribution in [3.63, 3.8) is 0 Å². The van der Waals surface area contributed by atoms with Gasteiger partial charge in [0.2, 0.25) is 0 Å². The first-order chi connectivity index (χ1) is 10.3. The second-order valence-corrected chi connectivity index (χ2v) is 4.85. The topological polar surface area (TPSA) is 65.4 Å². The fraction of sp³-hybridized carbons (Fsp3) is 0. The Morgan fingerprint density at radius 1 is 1.00 bits per heavy atom. The molecule has 4 nitrogen and oxygen atoms in total. The average molecular weight is 270 g/mol. The fourth-order valence-electron chi connectivity index (χ4n) is 2.42. The fourth-order valence-corrected chi connectivity index (χ4v) is 2.42. The molecule has 2 heterocycles. The highest BCUT2D eigenvalue weighted by Gasteiger charge is 2.07. The van der Waals surface area contributed by atoms with E-state index in [1.54, 1.807) is 12.1 Å². The minimum Gasteiger partial charge on any atom is -0.338 e. The lowest BCUT2D eigenvalue weighted by atomic mass is 10.1. The molecule has 98 valence electrons. The molecular weight excluding hydrogens is 260 g/mol. The minimum atomic E-state index is 0.620. The van der Waals surface area contributed by atoms with E-state index in [1.807, 2.05) is 36.5 Å². The molecule has 2 aromatic heterocycles. The molecular formula is C17H10N4. The summed E-state index contributed by atoms with van der Waals surface area (Å²) in [4.78, 5) is 12.3. The van der Waals surface area contributed by atoms with Gasteiger partial charge in [0, 0.05) is 17.1 Å². The molecule has 21 heavy (non-hydrogen) atoms. The maximum Gasteiger partial charge on any atom is 0.140 e. The van der Waals surface area contributed by atoms with Gasteiger partial charge in [-0.05, 0) is 30.3 Å². The zero-order valence-electron chi connectivity index (χ0n) is 11.0. The lowest BCUT2D eigenvalue weighted by Crippen LogP contribution is -1.84. The van der Waals surface area contributed by atoms with Crippen LogP contribution in [-0.4, -0.2) is 15.0 Å². The number of hydrogen-bond donors (Lipinski definition) is 1. The highest BCUT2D eigenvalue weighted by Crippen LogP contribution is 2.23. The van der Waals surface area contributed by atoms with Crippen molar-refractivity contribution in [3.05, 3.63) is 60.3 Å². The van der Waals surface area contributed by atoms with Crippen molar-refractivity contribution in [1.82, 2.24) is 15.0 Å². The standard InChI is InChI=1S/C17H10N4/c18-9-11-5-6-15-16(7-11)21-17(20-15)13-8-12-3-1-2-4-14(12)19-10-13/h1-8,10H,(H,20,21). The van der Waals surface area contributed by atoms with Crippen molar-refractivity contribution in [2.24, 2.45) is 0 Å². The van der Waals surface area contributed by atoms with Gasteiger partial charge in [-0.25, -0.2) is 4.98 Å². The quantitative estimate of drug-likeness (QED) is 0.574. The van der Waals surface area contributed by atoms with E-state index in [4.69, 9.17) is 5.26 Å². The number of aromatic amines is 1. The number of imidazole rings is 1. The number of rotatable bonds is 1. The molecule has 0 aliphatic carbocycles. The van der Waals surface area contributed by atoms with Crippen LogP contribution in [0, 0.1) is 11.3 Å². The molecule has 0 bridgehead atoms. The smallest absolute Gasteiger partial charge is 0.140 e. The Balaban J connectivity index is 1.89. The van der Waals surface area contributed by atoms with Crippen molar-refractivity contribution in [3.8, 4) is 17.5 Å². The Kier molecular flexibility index (Phi) is 2.45. The third-order valence-electron chi connectivity index (χ3n) is 3.47. The van der Waals surface area contributed by atoms with Gasteiger partial charge in [-0.15, -0.1) is 0 Å². The van der Waals surface area contributed by atoms with Gasteiger partial charge in [0.25, 0.3) is 0 Å². The molecule has 4 heteroatoms. The zero-order chi connectivity index (χ0) is 14.2. The van der Waals surface area contributed by atoms with Gasteiger partial charge in [0.1, 0.15) is 5.82 Å². The molecule has 1 N–H and O–H groups in total. The zero-order valence-corrected chi connectivity index (χ0v) is 11.0. The monoisotopic (exact) mass is 270 g/mol. The lowest BCUT2D eigenvalue weighted by molar-refractivity contribution is 1.31. The summed E-state index contributed by atoms with van der Waals surface area (Å²) in [5.74, 6) is 0.762. The molecule has 0 fully saturated rings. The van der Waals surface area contributed by atoms with Crippen molar-refractivity contribution in [2.75, 3.05) is 0 Å². The molecule has 0 unspecified atom stereocenters. The van der Waals surface area contributed by atoms with E-state index in [1.165, 1.54) is 0 Å². The van der Waals surface area contributed by atoms with Crippen LogP contribution in [0.25, 0.3) is 33.3 Å². The molecule has 0 amide bonds. The van der Waals surface area contributed by atoms with E-state index in [0.29, 0.717) is 5.56 Å². The number of aromatic nitrogens is 3. The summed E-state index contributed by atoms with van der Waals surface area (Å²) in [7, 11) is 0. The van der Waals surface area contributed by atoms with Gasteiger partial charge in [0.15, 0.2) is 0 Å². The van der Waals surface area contributed by atoms with Crippen molar-refractivity contribution < 1.29 is 0 Å². The molecule has 0 radical (unpaired) electrons. The molecule has 0 aliphatic rings. The molecule has 0 aliphatic heterocycles. The lowest BCUT2D eigenvalue weighted by Gasteiger charge is -1.99. The third kappa shape index (κ3) is 1.92. The highest BCUT2D eigenvalue weighted by atomic mass is 14.9. The number of H-pyrrole nitrogens is 1. The van der Waals surface area contributed by atoms with E-state index < -0.39 is 0 Å². The van der Waals surface area contributed by atoms with E-state index >= 15 is 0 Å². The first-order valence-corrected chi connectivity index (χ1v) is 6.58. The van der Waals surface area contributed by atoms with E-state index in [9.17, 15) is 0 Å². The van der Waals surface area contributed by atoms with Crippen LogP contribution in [0.15, 0.2) is 54.7 Å². The summed E-state index contributed by atoms with van der Waals surface area (Å²) >= 11 is 0. The number of pyridine rings is 1. The summed E-state index contributed by atoms with van der Waals surface area (Å²) < 4.78 is 0. The number of benzene rings is 2. The van der Waals surface area contributed by atoms with Crippen LogP contribution in [0.1, 0.15) is 5.56 Å². The number of para-hydroxylation sites is 1. The maximum atomic E-state index is 8.94. The Morgan fingerprint density at radius 3 is 2.81 bits per heavy atom. The van der Waals surface area contributed by atoms with Crippen LogP contribution in [0.4, 0.5) is 0 Å². The number of nitriles is 1. The molecule has 4 rings (SSSR count). The molecule has 2 aromatic carbocycles. The summed E-state index contributed by atoms with van der Waals surface area (Å²) in [5, 5.41) is 10.0. The number of hydrogen-bond acceptors (Lipinski definition) is 3. The molecule has 0 atom stereocenters. The Hall–Kier alpha value is -3.19. The minimum absolute atomic E-state index is 0.620. The second-order valence-electron chi connectivity index (χ2n) is 4.85. The van der Waals surface area contributed by atoms with Crippen molar-refractivity contribution in [2.45, 2.75) is 0 Å². The predicted octanol–water partition coefficient (Wildman–Crippen LogP) is 3.65. The van der Waals surface area contributed by atoms with Crippen LogP contribution < -0.4 is 0 Å².